The summed E-state index contributed by atoms with van der Waals surface area (Å²) in [5, 5.41) is 0. The highest BCUT2D eigenvalue weighted by atomic mass is 16.6. The van der Waals surface area contributed by atoms with Crippen LogP contribution in [0.4, 0.5) is 0 Å². The number of nitrogens with one attached hydrogen (secondary N) is 1. The molecule has 0 aromatic heterocycles. The predicted molar refractivity (Wildman–Crippen MR) is 60.1 cm³/mol. The van der Waals surface area contributed by atoms with Crippen LogP contribution in [-0.4, -0.2) is 12.5 Å². The molecule has 1 N–H and O–H groups in total. The zero-order valence-electron chi connectivity index (χ0n) is 10.1. The van der Waals surface area contributed by atoms with Crippen molar-refractivity contribution in [2.45, 2.75) is 52.9 Å². The Hall–Kier alpha value is -0.570. The molecule has 0 heterocycles. The van der Waals surface area contributed by atoms with Crippen LogP contribution in [0.2, 0.25) is 0 Å². The molecule has 15 heavy (non-hydrogen) atoms. The van der Waals surface area contributed by atoms with Gasteiger partial charge in [-0.15, -0.1) is 0 Å². The largest absolute Gasteiger partial charge is 0.274 e. The van der Waals surface area contributed by atoms with Crippen molar-refractivity contribution >= 4 is 5.91 Å². The Kier molecular flexibility index (Phi) is 4.58. The van der Waals surface area contributed by atoms with E-state index < -0.39 is 0 Å². The molecule has 1 aliphatic rings. The maximum atomic E-state index is 12.0. The number of amides is 1. The topological polar surface area (TPSA) is 38.3 Å². The molecule has 0 unspecified atom stereocenters. The second-order valence-electron chi connectivity index (χ2n) is 4.95. The van der Waals surface area contributed by atoms with Crippen molar-refractivity contribution in [1.29, 1.82) is 0 Å². The molecular weight excluding hydrogens is 190 g/mol. The third-order valence-corrected chi connectivity index (χ3v) is 3.15. The van der Waals surface area contributed by atoms with Crippen molar-refractivity contribution < 1.29 is 9.63 Å². The van der Waals surface area contributed by atoms with Crippen LogP contribution in [0.5, 0.6) is 0 Å². The molecule has 1 amide bonds. The SMILES string of the molecule is CCONC(=O)C1(CC(C)C)CCCC1. The second kappa shape index (κ2) is 5.50. The Morgan fingerprint density at radius 1 is 1.40 bits per heavy atom. The Labute approximate surface area is 92.5 Å². The van der Waals surface area contributed by atoms with Gasteiger partial charge in [-0.1, -0.05) is 26.7 Å². The number of carbonyl (C=O) groups excluding carboxylic acids is 1. The van der Waals surface area contributed by atoms with Gasteiger partial charge in [0.1, 0.15) is 0 Å². The first-order valence-corrected chi connectivity index (χ1v) is 6.03. The Bertz CT molecular complexity index is 208. The third kappa shape index (κ3) is 3.20. The van der Waals surface area contributed by atoms with E-state index in [0.29, 0.717) is 12.5 Å². The van der Waals surface area contributed by atoms with Crippen LogP contribution in [-0.2, 0) is 9.63 Å². The van der Waals surface area contributed by atoms with E-state index in [1.807, 2.05) is 6.92 Å². The van der Waals surface area contributed by atoms with Gasteiger partial charge in [0.2, 0.25) is 5.91 Å². The fourth-order valence-electron chi connectivity index (χ4n) is 2.60. The van der Waals surface area contributed by atoms with E-state index in [0.717, 1.165) is 19.3 Å². The summed E-state index contributed by atoms with van der Waals surface area (Å²) in [5.74, 6) is 0.658. The molecule has 3 heteroatoms. The molecule has 1 fully saturated rings. The number of hydrogen-bond acceptors (Lipinski definition) is 2. The van der Waals surface area contributed by atoms with E-state index in [1.54, 1.807) is 0 Å². The quantitative estimate of drug-likeness (QED) is 0.713. The summed E-state index contributed by atoms with van der Waals surface area (Å²) in [5.41, 5.74) is 2.43. The van der Waals surface area contributed by atoms with Gasteiger partial charge in [0.15, 0.2) is 0 Å². The molecule has 0 saturated heterocycles. The molecule has 0 aliphatic heterocycles. The van der Waals surface area contributed by atoms with Gasteiger partial charge in [-0.05, 0) is 32.1 Å². The second-order valence-corrected chi connectivity index (χ2v) is 4.95. The summed E-state index contributed by atoms with van der Waals surface area (Å²) in [6, 6.07) is 0. The molecule has 0 spiro atoms. The lowest BCUT2D eigenvalue weighted by molar-refractivity contribution is -0.144. The first kappa shape index (κ1) is 12.5. The molecule has 0 aromatic carbocycles. The number of carbonyl (C=O) groups is 1. The fourth-order valence-corrected chi connectivity index (χ4v) is 2.60. The van der Waals surface area contributed by atoms with Gasteiger partial charge in [0.05, 0.1) is 12.0 Å². The van der Waals surface area contributed by atoms with E-state index in [2.05, 4.69) is 19.3 Å². The molecular formula is C12H23NO2. The van der Waals surface area contributed by atoms with Gasteiger partial charge >= 0.3 is 0 Å². The zero-order valence-corrected chi connectivity index (χ0v) is 10.1. The van der Waals surface area contributed by atoms with Gasteiger partial charge in [0.25, 0.3) is 0 Å². The van der Waals surface area contributed by atoms with Crippen molar-refractivity contribution in [3.05, 3.63) is 0 Å². The summed E-state index contributed by atoms with van der Waals surface area (Å²) < 4.78 is 0. The van der Waals surface area contributed by atoms with E-state index in [-0.39, 0.29) is 11.3 Å². The Morgan fingerprint density at radius 2 is 2.00 bits per heavy atom. The van der Waals surface area contributed by atoms with Crippen molar-refractivity contribution in [3.8, 4) is 0 Å². The molecule has 0 radical (unpaired) electrons. The highest BCUT2D eigenvalue weighted by Gasteiger charge is 2.41. The minimum absolute atomic E-state index is 0.0931. The Balaban J connectivity index is 2.59. The summed E-state index contributed by atoms with van der Waals surface area (Å²) in [6.07, 6.45) is 5.36. The summed E-state index contributed by atoms with van der Waals surface area (Å²) in [4.78, 5) is 17.0. The lowest BCUT2D eigenvalue weighted by Gasteiger charge is -2.28. The molecule has 0 aromatic rings. The smallest absolute Gasteiger partial charge is 0.249 e. The maximum absolute atomic E-state index is 12.0. The van der Waals surface area contributed by atoms with Crippen LogP contribution >= 0.6 is 0 Å². The van der Waals surface area contributed by atoms with Gasteiger partial charge in [-0.25, -0.2) is 5.48 Å². The molecule has 0 bridgehead atoms. The highest BCUT2D eigenvalue weighted by Crippen LogP contribution is 2.43. The van der Waals surface area contributed by atoms with Crippen LogP contribution in [0, 0.1) is 11.3 Å². The summed E-state index contributed by atoms with van der Waals surface area (Å²) >= 11 is 0. The molecule has 88 valence electrons. The average Bonchev–Trinajstić information content (AvgIpc) is 2.62. The van der Waals surface area contributed by atoms with Crippen molar-refractivity contribution in [3.63, 3.8) is 0 Å². The minimum Gasteiger partial charge on any atom is -0.274 e. The van der Waals surface area contributed by atoms with E-state index in [9.17, 15) is 4.79 Å². The van der Waals surface area contributed by atoms with Crippen molar-refractivity contribution in [2.75, 3.05) is 6.61 Å². The van der Waals surface area contributed by atoms with E-state index in [1.165, 1.54) is 12.8 Å². The molecule has 1 rings (SSSR count). The van der Waals surface area contributed by atoms with Crippen LogP contribution in [0.15, 0.2) is 0 Å². The third-order valence-electron chi connectivity index (χ3n) is 3.15. The molecule has 0 atom stereocenters. The van der Waals surface area contributed by atoms with E-state index in [4.69, 9.17) is 4.84 Å². The molecule has 3 nitrogen and oxygen atoms in total. The van der Waals surface area contributed by atoms with Crippen molar-refractivity contribution in [2.24, 2.45) is 11.3 Å². The lowest BCUT2D eigenvalue weighted by atomic mass is 9.78. The highest BCUT2D eigenvalue weighted by molar-refractivity contribution is 5.81. The van der Waals surface area contributed by atoms with Crippen LogP contribution in [0.25, 0.3) is 0 Å². The standard InChI is InChI=1S/C12H23NO2/c1-4-15-13-11(14)12(9-10(2)3)7-5-6-8-12/h10H,4-9H2,1-3H3,(H,13,14). The maximum Gasteiger partial charge on any atom is 0.249 e. The first-order chi connectivity index (χ1) is 7.10. The van der Waals surface area contributed by atoms with Crippen LogP contribution in [0.1, 0.15) is 52.9 Å². The predicted octanol–water partition coefficient (Wildman–Crippen LogP) is 2.66. The fraction of sp³-hybridized carbons (Fsp3) is 0.917. The normalized spacial score (nSPS) is 19.5. The number of hydroxylamine groups is 1. The van der Waals surface area contributed by atoms with Crippen molar-refractivity contribution in [1.82, 2.24) is 5.48 Å². The van der Waals surface area contributed by atoms with Crippen LogP contribution in [0.3, 0.4) is 0 Å². The Morgan fingerprint density at radius 3 is 2.47 bits per heavy atom. The molecule has 1 aliphatic carbocycles. The number of rotatable bonds is 5. The van der Waals surface area contributed by atoms with Gasteiger partial charge in [-0.2, -0.15) is 0 Å². The van der Waals surface area contributed by atoms with E-state index >= 15 is 0 Å². The molecule has 1 saturated carbocycles. The van der Waals surface area contributed by atoms with Gasteiger partial charge in [0, 0.05) is 0 Å². The van der Waals surface area contributed by atoms with Gasteiger partial charge in [-0.3, -0.25) is 9.63 Å². The average molecular weight is 213 g/mol. The summed E-state index contributed by atoms with van der Waals surface area (Å²) in [6.45, 7) is 6.76. The number of hydrogen-bond donors (Lipinski definition) is 1. The monoisotopic (exact) mass is 213 g/mol. The zero-order chi connectivity index (χ0) is 11.3. The first-order valence-electron chi connectivity index (χ1n) is 6.03. The van der Waals surface area contributed by atoms with Crippen LogP contribution < -0.4 is 5.48 Å². The lowest BCUT2D eigenvalue weighted by Crippen LogP contribution is -2.40. The summed E-state index contributed by atoms with van der Waals surface area (Å²) in [7, 11) is 0. The minimum atomic E-state index is -0.149. The van der Waals surface area contributed by atoms with Gasteiger partial charge < -0.3 is 0 Å².